The minimum atomic E-state index is -4.53. The standard InChI is InChI=1S/C56H101O9P/c1-3-5-7-9-11-13-15-17-19-21-23-25-26-27-29-31-33-35-37-39-41-43-45-47-49-62-52-55(53-64-66(60,61)63-51-54(58)50-57)65-56(59)48-46-44-42-40-38-36-34-32-30-28-24-22-20-18-16-14-12-10-8-6-4-2/h5,7,11,13,16-19,22-25,54-55,57-58H,3-4,6,8-10,12,14-15,20-21,26-53H2,1-2H3,(H,60,61)/b7-5-,13-11-,18-16-,19-17-,24-22-,25-23-. The van der Waals surface area contributed by atoms with Gasteiger partial charge in [0.2, 0.25) is 0 Å². The number of hydrogen-bond acceptors (Lipinski definition) is 8. The lowest BCUT2D eigenvalue weighted by Crippen LogP contribution is -2.29. The number of esters is 1. The van der Waals surface area contributed by atoms with E-state index in [1.807, 2.05) is 0 Å². The van der Waals surface area contributed by atoms with Gasteiger partial charge in [-0.3, -0.25) is 13.8 Å². The van der Waals surface area contributed by atoms with Gasteiger partial charge in [0.25, 0.3) is 0 Å². The molecule has 384 valence electrons. The van der Waals surface area contributed by atoms with Gasteiger partial charge in [-0.05, 0) is 83.5 Å². The number of unbranched alkanes of at least 4 members (excludes halogenated alkanes) is 25. The van der Waals surface area contributed by atoms with E-state index >= 15 is 0 Å². The minimum Gasteiger partial charge on any atom is -0.457 e. The first-order valence-electron chi connectivity index (χ1n) is 26.9. The van der Waals surface area contributed by atoms with Gasteiger partial charge in [-0.15, -0.1) is 0 Å². The van der Waals surface area contributed by atoms with Gasteiger partial charge in [0.1, 0.15) is 12.2 Å². The quantitative estimate of drug-likeness (QED) is 0.0236. The lowest BCUT2D eigenvalue weighted by molar-refractivity contribution is -0.154. The zero-order chi connectivity index (χ0) is 48.1. The zero-order valence-corrected chi connectivity index (χ0v) is 43.3. The molecular formula is C56H101O9P. The number of allylic oxidation sites excluding steroid dienone is 12. The van der Waals surface area contributed by atoms with Crippen molar-refractivity contribution < 1.29 is 43.0 Å². The molecule has 0 heterocycles. The van der Waals surface area contributed by atoms with Crippen LogP contribution in [0.2, 0.25) is 0 Å². The van der Waals surface area contributed by atoms with Crippen LogP contribution in [0.4, 0.5) is 0 Å². The van der Waals surface area contributed by atoms with Crippen molar-refractivity contribution in [3.8, 4) is 0 Å². The van der Waals surface area contributed by atoms with Crippen LogP contribution in [0.25, 0.3) is 0 Å². The summed E-state index contributed by atoms with van der Waals surface area (Å²) in [5.74, 6) is -0.388. The largest absolute Gasteiger partial charge is 0.472 e. The van der Waals surface area contributed by atoms with Crippen LogP contribution in [0.1, 0.15) is 232 Å². The van der Waals surface area contributed by atoms with E-state index in [1.165, 1.54) is 128 Å². The van der Waals surface area contributed by atoms with Gasteiger partial charge in [0.05, 0.1) is 26.4 Å². The predicted octanol–water partition coefficient (Wildman–Crippen LogP) is 16.0. The Hall–Kier alpha value is -2.10. The molecule has 0 fully saturated rings. The minimum absolute atomic E-state index is 0.0430. The van der Waals surface area contributed by atoms with Gasteiger partial charge >= 0.3 is 13.8 Å². The molecule has 0 aliphatic heterocycles. The fraction of sp³-hybridized carbons (Fsp3) is 0.768. The van der Waals surface area contributed by atoms with Gasteiger partial charge in [-0.25, -0.2) is 4.57 Å². The molecule has 0 rings (SSSR count). The molecular weight excluding hydrogens is 848 g/mol. The average molecular weight is 949 g/mol. The molecule has 0 aromatic heterocycles. The lowest BCUT2D eigenvalue weighted by Gasteiger charge is -2.20. The molecule has 10 heteroatoms. The number of aliphatic hydroxyl groups excluding tert-OH is 2. The Balaban J connectivity index is 4.06. The van der Waals surface area contributed by atoms with Crippen LogP contribution < -0.4 is 0 Å². The van der Waals surface area contributed by atoms with Crippen LogP contribution in [0, 0.1) is 0 Å². The Bertz CT molecular complexity index is 1260. The van der Waals surface area contributed by atoms with E-state index in [4.69, 9.17) is 23.6 Å². The highest BCUT2D eigenvalue weighted by molar-refractivity contribution is 7.47. The first kappa shape index (κ1) is 63.9. The van der Waals surface area contributed by atoms with Crippen LogP contribution in [-0.4, -0.2) is 66.3 Å². The Morgan fingerprint density at radius 1 is 0.485 bits per heavy atom. The second kappa shape index (κ2) is 52.3. The molecule has 0 saturated heterocycles. The summed E-state index contributed by atoms with van der Waals surface area (Å²) < 4.78 is 33.6. The average Bonchev–Trinajstić information content (AvgIpc) is 3.31. The van der Waals surface area contributed by atoms with Crippen LogP contribution >= 0.6 is 7.82 Å². The van der Waals surface area contributed by atoms with Crippen molar-refractivity contribution in [2.75, 3.05) is 33.0 Å². The summed E-state index contributed by atoms with van der Waals surface area (Å²) in [6, 6.07) is 0. The van der Waals surface area contributed by atoms with Gasteiger partial charge in [-0.1, -0.05) is 215 Å². The van der Waals surface area contributed by atoms with E-state index in [2.05, 4.69) is 86.8 Å². The molecule has 3 unspecified atom stereocenters. The first-order chi connectivity index (χ1) is 32.3. The number of ether oxygens (including phenoxy) is 2. The van der Waals surface area contributed by atoms with Crippen molar-refractivity contribution in [3.63, 3.8) is 0 Å². The Morgan fingerprint density at radius 3 is 1.30 bits per heavy atom. The highest BCUT2D eigenvalue weighted by Gasteiger charge is 2.26. The Labute approximate surface area is 405 Å². The first-order valence-corrected chi connectivity index (χ1v) is 28.4. The molecule has 0 radical (unpaired) electrons. The second-order valence-corrected chi connectivity index (χ2v) is 19.3. The summed E-state index contributed by atoms with van der Waals surface area (Å²) in [5, 5.41) is 18.4. The Morgan fingerprint density at radius 2 is 0.864 bits per heavy atom. The monoisotopic (exact) mass is 949 g/mol. The molecule has 0 aliphatic carbocycles. The summed E-state index contributed by atoms with van der Waals surface area (Å²) in [6.45, 7) is 3.41. The molecule has 0 spiro atoms. The number of hydrogen-bond donors (Lipinski definition) is 3. The third-order valence-electron chi connectivity index (χ3n) is 11.4. The normalized spacial score (nSPS) is 14.3. The van der Waals surface area contributed by atoms with Crippen LogP contribution in [0.15, 0.2) is 72.9 Å². The number of rotatable bonds is 51. The van der Waals surface area contributed by atoms with Gasteiger partial charge < -0.3 is 24.6 Å². The predicted molar refractivity (Wildman–Crippen MR) is 279 cm³/mol. The summed E-state index contributed by atoms with van der Waals surface area (Å²) in [6.07, 6.45) is 64.4. The number of carbonyl (C=O) groups excluding carboxylic acids is 1. The molecule has 0 bridgehead atoms. The molecule has 0 aromatic carbocycles. The summed E-state index contributed by atoms with van der Waals surface area (Å²) >= 11 is 0. The van der Waals surface area contributed by atoms with Crippen LogP contribution in [0.3, 0.4) is 0 Å². The molecule has 0 aromatic rings. The van der Waals surface area contributed by atoms with Gasteiger partial charge in [-0.2, -0.15) is 0 Å². The molecule has 0 saturated carbocycles. The summed E-state index contributed by atoms with van der Waals surface area (Å²) in [4.78, 5) is 22.7. The fourth-order valence-electron chi connectivity index (χ4n) is 7.32. The van der Waals surface area contributed by atoms with E-state index < -0.39 is 33.2 Å². The maximum absolute atomic E-state index is 12.7. The fourth-order valence-corrected chi connectivity index (χ4v) is 8.11. The van der Waals surface area contributed by atoms with E-state index in [9.17, 15) is 19.4 Å². The Kier molecular flexibility index (Phi) is 50.6. The van der Waals surface area contributed by atoms with E-state index in [0.717, 1.165) is 83.5 Å². The van der Waals surface area contributed by atoms with Crippen LogP contribution in [0.5, 0.6) is 0 Å². The zero-order valence-electron chi connectivity index (χ0n) is 42.4. The van der Waals surface area contributed by atoms with Gasteiger partial charge in [0, 0.05) is 13.0 Å². The molecule has 0 aliphatic rings. The smallest absolute Gasteiger partial charge is 0.457 e. The third kappa shape index (κ3) is 51.3. The molecule has 3 atom stereocenters. The van der Waals surface area contributed by atoms with E-state index in [0.29, 0.717) is 6.61 Å². The number of phosphoric ester groups is 1. The van der Waals surface area contributed by atoms with E-state index in [1.54, 1.807) is 0 Å². The molecule has 9 nitrogen and oxygen atoms in total. The third-order valence-corrected chi connectivity index (χ3v) is 12.3. The van der Waals surface area contributed by atoms with Crippen molar-refractivity contribution in [3.05, 3.63) is 72.9 Å². The second-order valence-electron chi connectivity index (χ2n) is 17.9. The van der Waals surface area contributed by atoms with Crippen molar-refractivity contribution in [2.24, 2.45) is 0 Å². The van der Waals surface area contributed by atoms with Crippen molar-refractivity contribution in [2.45, 2.75) is 244 Å². The van der Waals surface area contributed by atoms with Crippen molar-refractivity contribution >= 4 is 13.8 Å². The number of aliphatic hydroxyl groups is 2. The highest BCUT2D eigenvalue weighted by Crippen LogP contribution is 2.43. The van der Waals surface area contributed by atoms with E-state index in [-0.39, 0.29) is 25.6 Å². The number of carbonyl (C=O) groups is 1. The summed E-state index contributed by atoms with van der Waals surface area (Å²) in [5.41, 5.74) is 0. The maximum Gasteiger partial charge on any atom is 0.472 e. The SMILES string of the molecule is CC/C=C\C/C=C\C/C=C\C/C=C\CCCCCCCCCCCCCOCC(COP(=O)(O)OCC(O)CO)OC(=O)CCCCCCCCCCC/C=C\C/C=C\CCCCCCC. The molecule has 0 amide bonds. The number of phosphoric acid groups is 1. The van der Waals surface area contributed by atoms with Crippen LogP contribution in [-0.2, 0) is 27.9 Å². The molecule has 3 N–H and O–H groups in total. The maximum atomic E-state index is 12.7. The lowest BCUT2D eigenvalue weighted by atomic mass is 10.1. The highest BCUT2D eigenvalue weighted by atomic mass is 31.2. The van der Waals surface area contributed by atoms with Crippen molar-refractivity contribution in [1.29, 1.82) is 0 Å². The van der Waals surface area contributed by atoms with Crippen molar-refractivity contribution in [1.82, 2.24) is 0 Å². The topological polar surface area (TPSA) is 132 Å². The molecule has 66 heavy (non-hydrogen) atoms. The van der Waals surface area contributed by atoms with Gasteiger partial charge in [0.15, 0.2) is 0 Å². The summed E-state index contributed by atoms with van der Waals surface area (Å²) in [7, 11) is -4.53.